The first-order valence-corrected chi connectivity index (χ1v) is 6.90. The fraction of sp³-hybridized carbons (Fsp3) is 0. The fourth-order valence-electron chi connectivity index (χ4n) is 1.98. The van der Waals surface area contributed by atoms with E-state index in [2.05, 4.69) is 27.6 Å². The Morgan fingerprint density at radius 1 is 1.11 bits per heavy atom. The van der Waals surface area contributed by atoms with Gasteiger partial charge in [0.05, 0.1) is 16.7 Å². The summed E-state index contributed by atoms with van der Waals surface area (Å²) in [7, 11) is 0. The van der Waals surface area contributed by atoms with Gasteiger partial charge in [0, 0.05) is 9.64 Å². The largest absolute Gasteiger partial charge is 0.330 e. The predicted molar refractivity (Wildman–Crippen MR) is 81.1 cm³/mol. The third-order valence-electron chi connectivity index (χ3n) is 2.79. The Hall–Kier alpha value is -1.28. The van der Waals surface area contributed by atoms with Crippen LogP contribution in [0.2, 0.25) is 0 Å². The van der Waals surface area contributed by atoms with E-state index in [1.807, 2.05) is 18.2 Å². The number of rotatable bonds is 1. The molecule has 0 fully saturated rings. The fourth-order valence-corrected chi connectivity index (χ4v) is 2.78. The molecule has 0 amide bonds. The van der Waals surface area contributed by atoms with Crippen LogP contribution in [0.15, 0.2) is 36.4 Å². The first-order valence-electron chi connectivity index (χ1n) is 5.42. The van der Waals surface area contributed by atoms with E-state index in [1.165, 1.54) is 4.57 Å². The van der Waals surface area contributed by atoms with E-state index < -0.39 is 11.6 Å². The lowest BCUT2D eigenvalue weighted by Crippen LogP contribution is -1.98. The molecule has 0 atom stereocenters. The van der Waals surface area contributed by atoms with E-state index in [-0.39, 0.29) is 5.69 Å². The van der Waals surface area contributed by atoms with Crippen LogP contribution in [0.4, 0.5) is 8.78 Å². The number of hydrogen-bond acceptors (Lipinski definition) is 1. The second kappa shape index (κ2) is 4.68. The number of imidazole rings is 1. The zero-order chi connectivity index (χ0) is 13.6. The van der Waals surface area contributed by atoms with Crippen molar-refractivity contribution in [3.05, 3.63) is 56.4 Å². The smallest absolute Gasteiger partial charge is 0.182 e. The summed E-state index contributed by atoms with van der Waals surface area (Å²) in [5, 5.41) is 0. The first kappa shape index (κ1) is 12.7. The lowest BCUT2D eigenvalue weighted by Gasteiger charge is -2.06. The van der Waals surface area contributed by atoms with Crippen molar-refractivity contribution in [3.63, 3.8) is 0 Å². The minimum atomic E-state index is -0.517. The van der Waals surface area contributed by atoms with Crippen molar-refractivity contribution in [3.8, 4) is 5.69 Å². The van der Waals surface area contributed by atoms with Crippen molar-refractivity contribution in [1.29, 1.82) is 0 Å². The summed E-state index contributed by atoms with van der Waals surface area (Å²) < 4.78 is 30.0. The summed E-state index contributed by atoms with van der Waals surface area (Å²) in [6.07, 6.45) is 0. The molecule has 3 rings (SSSR count). The summed E-state index contributed by atoms with van der Waals surface area (Å²) in [5.74, 6) is -1.02. The van der Waals surface area contributed by atoms with Crippen LogP contribution in [-0.2, 0) is 0 Å². The number of hydrogen-bond donors (Lipinski definition) is 1. The number of halogens is 3. The van der Waals surface area contributed by atoms with E-state index in [9.17, 15) is 8.78 Å². The number of fused-ring (bicyclic) bond motifs is 1. The lowest BCUT2D eigenvalue weighted by atomic mass is 10.2. The molecule has 0 radical (unpaired) electrons. The number of aromatic amines is 1. The Morgan fingerprint density at radius 2 is 1.89 bits per heavy atom. The van der Waals surface area contributed by atoms with Gasteiger partial charge in [-0.05, 0) is 65.1 Å². The molecule has 0 aliphatic carbocycles. The normalized spacial score (nSPS) is 11.1. The average Bonchev–Trinajstić information content (AvgIpc) is 2.67. The molecule has 1 heterocycles. The van der Waals surface area contributed by atoms with Crippen LogP contribution in [0.1, 0.15) is 0 Å². The first-order chi connectivity index (χ1) is 9.06. The maximum atomic E-state index is 13.9. The highest BCUT2D eigenvalue weighted by molar-refractivity contribution is 14.1. The molecule has 0 bridgehead atoms. The van der Waals surface area contributed by atoms with Crippen molar-refractivity contribution >= 4 is 45.8 Å². The summed E-state index contributed by atoms with van der Waals surface area (Å²) >= 11 is 7.38. The summed E-state index contributed by atoms with van der Waals surface area (Å²) in [6, 6.07) is 8.93. The monoisotopic (exact) mass is 388 g/mol. The molecular formula is C13H7F2IN2S. The highest BCUT2D eigenvalue weighted by Gasteiger charge is 2.11. The minimum absolute atomic E-state index is 0.109. The summed E-state index contributed by atoms with van der Waals surface area (Å²) in [4.78, 5) is 3.00. The zero-order valence-electron chi connectivity index (χ0n) is 9.45. The highest BCUT2D eigenvalue weighted by atomic mass is 127. The number of benzene rings is 2. The van der Waals surface area contributed by atoms with Gasteiger partial charge >= 0.3 is 0 Å². The Balaban J connectivity index is 2.39. The molecule has 6 heteroatoms. The van der Waals surface area contributed by atoms with E-state index in [1.54, 1.807) is 0 Å². The van der Waals surface area contributed by atoms with Crippen LogP contribution in [-0.4, -0.2) is 9.55 Å². The van der Waals surface area contributed by atoms with Gasteiger partial charge in [0.15, 0.2) is 4.77 Å². The number of aromatic nitrogens is 2. The molecule has 0 unspecified atom stereocenters. The summed E-state index contributed by atoms with van der Waals surface area (Å²) in [5.41, 5.74) is 1.62. The van der Waals surface area contributed by atoms with E-state index in [4.69, 9.17) is 12.2 Å². The van der Waals surface area contributed by atoms with Gasteiger partial charge in [0.2, 0.25) is 0 Å². The molecule has 1 N–H and O–H groups in total. The van der Waals surface area contributed by atoms with Crippen molar-refractivity contribution in [2.24, 2.45) is 0 Å². The van der Waals surface area contributed by atoms with Gasteiger partial charge < -0.3 is 4.98 Å². The van der Waals surface area contributed by atoms with E-state index in [0.29, 0.717) is 4.77 Å². The Morgan fingerprint density at radius 3 is 2.68 bits per heavy atom. The van der Waals surface area contributed by atoms with E-state index >= 15 is 0 Å². The molecule has 2 aromatic carbocycles. The molecule has 96 valence electrons. The van der Waals surface area contributed by atoms with Gasteiger partial charge in [-0.2, -0.15) is 0 Å². The van der Waals surface area contributed by atoms with Crippen molar-refractivity contribution in [2.45, 2.75) is 0 Å². The maximum absolute atomic E-state index is 13.9. The van der Waals surface area contributed by atoms with Crippen LogP contribution >= 0.6 is 34.8 Å². The van der Waals surface area contributed by atoms with Gasteiger partial charge in [-0.25, -0.2) is 8.78 Å². The van der Waals surface area contributed by atoms with Crippen LogP contribution in [0, 0.1) is 20.0 Å². The van der Waals surface area contributed by atoms with Crippen LogP contribution < -0.4 is 0 Å². The number of nitrogens with one attached hydrogen (secondary N) is 1. The molecule has 0 saturated heterocycles. The Bertz CT molecular complexity index is 838. The molecular weight excluding hydrogens is 381 g/mol. The van der Waals surface area contributed by atoms with Crippen molar-refractivity contribution in [1.82, 2.24) is 9.55 Å². The second-order valence-corrected chi connectivity index (χ2v) is 5.66. The molecule has 19 heavy (non-hydrogen) atoms. The zero-order valence-corrected chi connectivity index (χ0v) is 12.4. The van der Waals surface area contributed by atoms with Gasteiger partial charge in [0.1, 0.15) is 11.6 Å². The predicted octanol–water partition coefficient (Wildman–Crippen LogP) is 4.57. The van der Waals surface area contributed by atoms with Crippen LogP contribution in [0.3, 0.4) is 0 Å². The minimum Gasteiger partial charge on any atom is -0.330 e. The molecule has 0 saturated carbocycles. The van der Waals surface area contributed by atoms with Crippen molar-refractivity contribution in [2.75, 3.05) is 0 Å². The lowest BCUT2D eigenvalue weighted by molar-refractivity contribution is 0.593. The van der Waals surface area contributed by atoms with Crippen LogP contribution in [0.25, 0.3) is 16.7 Å². The molecule has 1 aromatic heterocycles. The molecule has 0 spiro atoms. The standard InChI is InChI=1S/C13H7F2IN2S/c14-7-1-3-9(15)12(5-7)18-11-4-2-8(16)6-10(11)17-13(18)19/h1-6H,(H,17,19). The highest BCUT2D eigenvalue weighted by Crippen LogP contribution is 2.23. The SMILES string of the molecule is Fc1ccc(F)c(-n2c(=S)[nH]c3cc(I)ccc32)c1. The summed E-state index contributed by atoms with van der Waals surface area (Å²) in [6.45, 7) is 0. The number of nitrogens with zero attached hydrogens (tertiary/aromatic N) is 1. The average molecular weight is 388 g/mol. The molecule has 0 aliphatic rings. The van der Waals surface area contributed by atoms with Gasteiger partial charge in [-0.1, -0.05) is 0 Å². The van der Waals surface area contributed by atoms with E-state index in [0.717, 1.165) is 32.8 Å². The van der Waals surface area contributed by atoms with Gasteiger partial charge in [-0.3, -0.25) is 4.57 Å². The van der Waals surface area contributed by atoms with Gasteiger partial charge in [-0.15, -0.1) is 0 Å². The third kappa shape index (κ3) is 2.18. The number of H-pyrrole nitrogens is 1. The van der Waals surface area contributed by atoms with Gasteiger partial charge in [0.25, 0.3) is 0 Å². The van der Waals surface area contributed by atoms with Crippen molar-refractivity contribution < 1.29 is 8.78 Å². The molecule has 2 nitrogen and oxygen atoms in total. The third-order valence-corrected chi connectivity index (χ3v) is 3.75. The second-order valence-electron chi connectivity index (χ2n) is 4.02. The van der Waals surface area contributed by atoms with Crippen LogP contribution in [0.5, 0.6) is 0 Å². The quantitative estimate of drug-likeness (QED) is 0.479. The Labute approximate surface area is 126 Å². The Kier molecular flexibility index (Phi) is 3.14. The maximum Gasteiger partial charge on any atom is 0.182 e. The topological polar surface area (TPSA) is 20.7 Å². The molecule has 0 aliphatic heterocycles. The molecule has 3 aromatic rings.